The van der Waals surface area contributed by atoms with Crippen LogP contribution in [0.5, 0.6) is 0 Å². The Morgan fingerprint density at radius 2 is 1.07 bits per heavy atom. The van der Waals surface area contributed by atoms with Crippen molar-refractivity contribution in [3.05, 3.63) is 0 Å². The van der Waals surface area contributed by atoms with E-state index in [9.17, 15) is 27.9 Å². The average Bonchev–Trinajstić information content (AvgIpc) is 3.77. The fourth-order valence-electron chi connectivity index (χ4n) is 5.92. The van der Waals surface area contributed by atoms with Crippen LogP contribution < -0.4 is 4.89 Å². The van der Waals surface area contributed by atoms with Crippen LogP contribution in [0.25, 0.3) is 0 Å². The number of aliphatic hydroxyl groups is 1. The Morgan fingerprint density at radius 1 is 0.655 bits per heavy atom. The topological polar surface area (TPSA) is 179 Å². The highest BCUT2D eigenvalue weighted by atomic mass is 31.2. The van der Waals surface area contributed by atoms with Gasteiger partial charge in [-0.2, -0.15) is 0 Å². The summed E-state index contributed by atoms with van der Waals surface area (Å²) in [6, 6.07) is -3.11. The van der Waals surface area contributed by atoms with Gasteiger partial charge in [-0.05, 0) is 68.2 Å². The van der Waals surface area contributed by atoms with Crippen molar-refractivity contribution in [2.24, 2.45) is 0 Å². The summed E-state index contributed by atoms with van der Waals surface area (Å²) in [6.45, 7) is 17.5. The monoisotopic (exact) mass is 869 g/mol. The number of rotatable bonds is 18. The maximum absolute atomic E-state index is 14.4. The molecule has 0 aliphatic carbocycles. The summed E-state index contributed by atoms with van der Waals surface area (Å²) in [5, 5.41) is 9.28. The molecule has 0 aromatic carbocycles. The maximum Gasteiger partial charge on any atom is 0.328 e. The molecule has 1 N–H and O–H groups in total. The average molecular weight is 869 g/mol. The third-order valence-corrected chi connectivity index (χ3v) is 10.3. The molecule has 16 atom stereocenters. The van der Waals surface area contributed by atoms with Gasteiger partial charge in [0.15, 0.2) is 0 Å². The molecule has 0 spiro atoms. The van der Waals surface area contributed by atoms with Gasteiger partial charge in [-0.3, -0.25) is 9.09 Å². The van der Waals surface area contributed by atoms with E-state index in [1.54, 1.807) is 0 Å². The summed E-state index contributed by atoms with van der Waals surface area (Å²) in [7, 11) is 15.0. The van der Waals surface area contributed by atoms with Gasteiger partial charge in [0, 0.05) is 25.3 Å². The second-order valence-electron chi connectivity index (χ2n) is 15.5. The maximum atomic E-state index is 14.4. The number of ether oxygens (including phenoxy) is 8. The van der Waals surface area contributed by atoms with Crippen LogP contribution in [0.15, 0.2) is 0 Å². The van der Waals surface area contributed by atoms with Crippen molar-refractivity contribution in [1.29, 1.82) is 0 Å². The SMILES string of the molecule is C.[B][C@@H]1O[C@H](COC(C)C)C(O)[C@@H]1F.[B][C@@H]1O[C@H](COC(C)C)C(OP(C)(=O)OC[C@H]2O[C@@H]([B])CC2OC(C)C)[C@@H]1F.[B][C@H]1CC(OC(C)C)[C@@H](COP(C)(=O)[O-])O1. The summed E-state index contributed by atoms with van der Waals surface area (Å²) >= 11 is 0. The molecular formula is C35H65B4F2O15P2-. The minimum Gasteiger partial charge on any atom is -0.779 e. The highest BCUT2D eigenvalue weighted by molar-refractivity contribution is 7.53. The van der Waals surface area contributed by atoms with Gasteiger partial charge in [0.1, 0.15) is 87.9 Å². The highest BCUT2D eigenvalue weighted by Gasteiger charge is 2.47. The van der Waals surface area contributed by atoms with Crippen LogP contribution in [-0.4, -0.2) is 186 Å². The van der Waals surface area contributed by atoms with Gasteiger partial charge in [-0.1, -0.05) is 7.43 Å². The van der Waals surface area contributed by atoms with Crippen molar-refractivity contribution in [3.63, 3.8) is 0 Å². The van der Waals surface area contributed by atoms with Crippen LogP contribution in [0.4, 0.5) is 8.78 Å². The lowest BCUT2D eigenvalue weighted by molar-refractivity contribution is -0.199. The van der Waals surface area contributed by atoms with Gasteiger partial charge in [-0.25, -0.2) is 8.78 Å². The van der Waals surface area contributed by atoms with Crippen LogP contribution >= 0.6 is 15.2 Å². The van der Waals surface area contributed by atoms with E-state index in [0.29, 0.717) is 12.8 Å². The van der Waals surface area contributed by atoms with E-state index >= 15 is 0 Å². The molecule has 0 aromatic heterocycles. The van der Waals surface area contributed by atoms with Crippen LogP contribution in [0, 0.1) is 0 Å². The summed E-state index contributed by atoms with van der Waals surface area (Å²) in [4.78, 5) is 10.9. The molecule has 23 heteroatoms. The van der Waals surface area contributed by atoms with Crippen molar-refractivity contribution in [2.75, 3.05) is 39.8 Å². The zero-order valence-corrected chi connectivity index (χ0v) is 36.5. The van der Waals surface area contributed by atoms with E-state index in [2.05, 4.69) is 0 Å². The molecule has 4 aliphatic heterocycles. The Balaban J connectivity index is 0.000000475. The molecule has 332 valence electrons. The number of hydrogen-bond acceptors (Lipinski definition) is 15. The normalized spacial score (nSPS) is 36.9. The van der Waals surface area contributed by atoms with E-state index in [0.717, 1.165) is 6.66 Å². The van der Waals surface area contributed by atoms with Crippen LogP contribution in [0.3, 0.4) is 0 Å². The predicted molar refractivity (Wildman–Crippen MR) is 215 cm³/mol. The third-order valence-electron chi connectivity index (χ3n) is 8.48. The third kappa shape index (κ3) is 20.5. The first-order valence-electron chi connectivity index (χ1n) is 19.3. The molecule has 4 saturated heterocycles. The zero-order chi connectivity index (χ0) is 43.4. The van der Waals surface area contributed by atoms with E-state index in [1.165, 1.54) is 6.66 Å². The fraction of sp³-hybridized carbons (Fsp3) is 1.00. The van der Waals surface area contributed by atoms with E-state index < -0.39 is 88.2 Å². The predicted octanol–water partition coefficient (Wildman–Crippen LogP) is 2.85. The second kappa shape index (κ2) is 26.0. The van der Waals surface area contributed by atoms with Crippen molar-refractivity contribution >= 4 is 46.6 Å². The molecule has 0 bridgehead atoms. The Hall–Kier alpha value is 0.0597. The minimum absolute atomic E-state index is 0. The number of hydrogen-bond donors (Lipinski definition) is 1. The smallest absolute Gasteiger partial charge is 0.328 e. The lowest BCUT2D eigenvalue weighted by atomic mass is 9.94. The van der Waals surface area contributed by atoms with Crippen molar-refractivity contribution in [2.45, 2.75) is 185 Å². The first-order chi connectivity index (χ1) is 26.3. The molecule has 4 heterocycles. The standard InChI is InChI=1S/C17H30B2FO7P.C9H18BO5P.C8H14BFO3.CH4/c1-9(2)22-7-13-16(15(20)17(19)26-13)27-28(5,21)23-8-12-11(24-10(3)4)6-14(18)25-12;1-6(2)14-7-4-9(10)15-8(7)5-13-16(3,11)12;1-4(2)12-3-5-7(11)6(10)8(9)13-5;/h9-17H,6-8H2,1-5H3;6-9H,4-5H2,1-3H3,(H,11,12);4-8,11H,3H2,1-2H3;1H4/p-1/t11?,12-,13-,14-,15+,16?,17-,28?;7?,8-,9-;5-,6+,7?,8-;/m111./s1. The summed E-state index contributed by atoms with van der Waals surface area (Å²) in [5.74, 6) is 0. The largest absolute Gasteiger partial charge is 0.779 e. The van der Waals surface area contributed by atoms with Gasteiger partial charge >= 0.3 is 7.60 Å². The van der Waals surface area contributed by atoms with E-state index in [-0.39, 0.29) is 70.5 Å². The van der Waals surface area contributed by atoms with E-state index in [4.69, 9.17) is 82.9 Å². The molecule has 0 aromatic rings. The highest BCUT2D eigenvalue weighted by Crippen LogP contribution is 2.49. The van der Waals surface area contributed by atoms with Gasteiger partial charge in [-0.15, -0.1) is 0 Å². The van der Waals surface area contributed by atoms with Crippen molar-refractivity contribution in [3.8, 4) is 0 Å². The lowest BCUT2D eigenvalue weighted by Gasteiger charge is -2.26. The molecule has 6 unspecified atom stereocenters. The zero-order valence-electron chi connectivity index (χ0n) is 34.8. The summed E-state index contributed by atoms with van der Waals surface area (Å²) < 4.78 is 110. The summed E-state index contributed by atoms with van der Waals surface area (Å²) in [6.07, 6.45) is -7.26. The molecule has 8 radical (unpaired) electrons. The molecule has 0 amide bonds. The molecule has 15 nitrogen and oxygen atoms in total. The molecule has 4 fully saturated rings. The second-order valence-corrected chi connectivity index (χ2v) is 19.3. The number of aliphatic hydroxyl groups excluding tert-OH is 1. The van der Waals surface area contributed by atoms with Crippen molar-refractivity contribution in [1.82, 2.24) is 0 Å². The Bertz CT molecular complexity index is 1250. The molecular weight excluding hydrogens is 804 g/mol. The lowest BCUT2D eigenvalue weighted by Crippen LogP contribution is -2.35. The van der Waals surface area contributed by atoms with Gasteiger partial charge in [0.2, 0.25) is 0 Å². The Morgan fingerprint density at radius 3 is 1.47 bits per heavy atom. The van der Waals surface area contributed by atoms with Gasteiger partial charge in [0.05, 0.1) is 75.1 Å². The van der Waals surface area contributed by atoms with Crippen LogP contribution in [-0.2, 0) is 60.6 Å². The number of alkyl halides is 2. The summed E-state index contributed by atoms with van der Waals surface area (Å²) in [5.41, 5.74) is 0. The van der Waals surface area contributed by atoms with Crippen LogP contribution in [0.2, 0.25) is 0 Å². The van der Waals surface area contributed by atoms with E-state index in [1.807, 2.05) is 55.4 Å². The minimum atomic E-state index is -3.73. The molecule has 0 saturated carbocycles. The quantitative estimate of drug-likeness (QED) is 0.157. The first-order valence-corrected chi connectivity index (χ1v) is 23.2. The van der Waals surface area contributed by atoms with Gasteiger partial charge in [0.25, 0.3) is 0 Å². The van der Waals surface area contributed by atoms with Crippen molar-refractivity contribution < 1.29 is 79.4 Å². The Labute approximate surface area is 350 Å². The Kier molecular flexibility index (Phi) is 25.1. The molecule has 4 rings (SSSR count). The number of halogens is 2. The fourth-order valence-corrected chi connectivity index (χ4v) is 7.51. The van der Waals surface area contributed by atoms with Gasteiger partial charge < -0.3 is 61.5 Å². The first kappa shape index (κ1) is 56.1. The van der Waals surface area contributed by atoms with Crippen LogP contribution in [0.1, 0.15) is 75.7 Å². The molecule has 4 aliphatic rings. The molecule has 58 heavy (non-hydrogen) atoms.